The monoisotopic (exact) mass is 345 g/mol. The molecule has 0 aliphatic rings. The van der Waals surface area contributed by atoms with Crippen molar-refractivity contribution in [3.8, 4) is 0 Å². The molecule has 2 aromatic carbocycles. The highest BCUT2D eigenvalue weighted by Crippen LogP contribution is 2.31. The molecule has 0 bridgehead atoms. The molecule has 5 heteroatoms. The molecule has 0 spiro atoms. The van der Waals surface area contributed by atoms with Gasteiger partial charge in [-0.25, -0.2) is 4.79 Å². The van der Waals surface area contributed by atoms with Crippen LogP contribution in [0.5, 0.6) is 0 Å². The Hall–Kier alpha value is -2.33. The summed E-state index contributed by atoms with van der Waals surface area (Å²) in [5, 5.41) is 0.423. The van der Waals surface area contributed by atoms with Crippen LogP contribution in [0.4, 0.5) is 5.69 Å². The molecule has 0 N–H and O–H groups in total. The Morgan fingerprint density at radius 1 is 1.12 bits per heavy atom. The molecule has 0 fully saturated rings. The zero-order valence-electron chi connectivity index (χ0n) is 14.0. The maximum Gasteiger partial charge on any atom is 0.328 e. The molecule has 2 rings (SSSR count). The highest BCUT2D eigenvalue weighted by atomic mass is 35.5. The quantitative estimate of drug-likeness (QED) is 0.775. The van der Waals surface area contributed by atoms with Crippen LogP contribution in [0.15, 0.2) is 48.5 Å². The average molecular weight is 346 g/mol. The lowest BCUT2D eigenvalue weighted by atomic mass is 10.1. The van der Waals surface area contributed by atoms with Gasteiger partial charge in [-0.15, -0.1) is 0 Å². The number of ether oxygens (including phenoxy) is 1. The van der Waals surface area contributed by atoms with Crippen molar-refractivity contribution < 1.29 is 14.3 Å². The number of para-hydroxylation sites is 1. The SMILES string of the molecule is COC(=O)[C@@H](C)N(C(=O)Cc1ccccc1)c1c(C)cccc1Cl. The number of nitrogens with zero attached hydrogens (tertiary/aromatic N) is 1. The normalized spacial score (nSPS) is 11.7. The third kappa shape index (κ3) is 3.95. The molecule has 0 saturated heterocycles. The van der Waals surface area contributed by atoms with Gasteiger partial charge in [0.2, 0.25) is 5.91 Å². The molecule has 1 atom stereocenters. The number of amides is 1. The van der Waals surface area contributed by atoms with Crippen molar-refractivity contribution in [2.24, 2.45) is 0 Å². The Morgan fingerprint density at radius 2 is 1.79 bits per heavy atom. The van der Waals surface area contributed by atoms with Crippen LogP contribution in [0.2, 0.25) is 5.02 Å². The van der Waals surface area contributed by atoms with Crippen LogP contribution in [0, 0.1) is 6.92 Å². The summed E-state index contributed by atoms with van der Waals surface area (Å²) in [6, 6.07) is 14.0. The van der Waals surface area contributed by atoms with Crippen molar-refractivity contribution in [2.75, 3.05) is 12.0 Å². The molecule has 24 heavy (non-hydrogen) atoms. The van der Waals surface area contributed by atoms with E-state index >= 15 is 0 Å². The van der Waals surface area contributed by atoms with Gasteiger partial charge in [0.15, 0.2) is 0 Å². The predicted molar refractivity (Wildman–Crippen MR) is 95.3 cm³/mol. The van der Waals surface area contributed by atoms with Crippen molar-refractivity contribution in [3.63, 3.8) is 0 Å². The second-order valence-electron chi connectivity index (χ2n) is 5.53. The van der Waals surface area contributed by atoms with E-state index in [1.54, 1.807) is 13.0 Å². The standard InChI is InChI=1S/C19H20ClNO3/c1-13-8-7-11-16(20)18(13)21(14(2)19(23)24-3)17(22)12-15-9-5-4-6-10-15/h4-11,14H,12H2,1-3H3/t14-/m1/s1. The Labute approximate surface area is 147 Å². The summed E-state index contributed by atoms with van der Waals surface area (Å²) < 4.78 is 4.82. The van der Waals surface area contributed by atoms with Crippen molar-refractivity contribution >= 4 is 29.2 Å². The number of aryl methyl sites for hydroxylation is 1. The van der Waals surface area contributed by atoms with E-state index in [0.717, 1.165) is 11.1 Å². The number of carbonyl (C=O) groups is 2. The zero-order valence-corrected chi connectivity index (χ0v) is 14.7. The molecule has 1 amide bonds. The number of benzene rings is 2. The first-order valence-corrected chi connectivity index (χ1v) is 8.02. The molecule has 0 aliphatic heterocycles. The van der Waals surface area contributed by atoms with Crippen LogP contribution in [-0.4, -0.2) is 25.0 Å². The fourth-order valence-electron chi connectivity index (χ4n) is 2.59. The summed E-state index contributed by atoms with van der Waals surface area (Å²) in [5.74, 6) is -0.703. The van der Waals surface area contributed by atoms with E-state index in [4.69, 9.17) is 16.3 Å². The van der Waals surface area contributed by atoms with Crippen LogP contribution < -0.4 is 4.90 Å². The second-order valence-corrected chi connectivity index (χ2v) is 5.94. The lowest BCUT2D eigenvalue weighted by Crippen LogP contribution is -2.45. The largest absolute Gasteiger partial charge is 0.467 e. The average Bonchev–Trinajstić information content (AvgIpc) is 2.57. The number of hydrogen-bond acceptors (Lipinski definition) is 3. The van der Waals surface area contributed by atoms with E-state index in [1.807, 2.05) is 49.4 Å². The highest BCUT2D eigenvalue weighted by Gasteiger charge is 2.30. The molecule has 0 saturated carbocycles. The minimum Gasteiger partial charge on any atom is -0.467 e. The Kier molecular flexibility index (Phi) is 5.99. The van der Waals surface area contributed by atoms with Gasteiger partial charge in [-0.1, -0.05) is 54.1 Å². The van der Waals surface area contributed by atoms with Gasteiger partial charge in [0.25, 0.3) is 0 Å². The van der Waals surface area contributed by atoms with Crippen LogP contribution >= 0.6 is 11.6 Å². The third-order valence-corrected chi connectivity index (χ3v) is 4.13. The summed E-state index contributed by atoms with van der Waals surface area (Å²) in [7, 11) is 1.30. The Bertz CT molecular complexity index is 710. The first kappa shape index (κ1) is 18.0. The van der Waals surface area contributed by atoms with Crippen LogP contribution in [0.1, 0.15) is 18.1 Å². The molecule has 4 nitrogen and oxygen atoms in total. The van der Waals surface area contributed by atoms with Crippen molar-refractivity contribution in [3.05, 3.63) is 64.7 Å². The van der Waals surface area contributed by atoms with Gasteiger partial charge in [-0.05, 0) is 31.0 Å². The van der Waals surface area contributed by atoms with E-state index in [-0.39, 0.29) is 12.3 Å². The summed E-state index contributed by atoms with van der Waals surface area (Å²) in [6.07, 6.45) is 0.173. The fourth-order valence-corrected chi connectivity index (χ4v) is 2.91. The summed E-state index contributed by atoms with van der Waals surface area (Å²) in [5.41, 5.74) is 2.23. The predicted octanol–water partition coefficient (Wildman–Crippen LogP) is 3.79. The molecule has 0 aromatic heterocycles. The molecule has 0 unspecified atom stereocenters. The number of rotatable bonds is 5. The van der Waals surface area contributed by atoms with Crippen molar-refractivity contribution in [1.29, 1.82) is 0 Å². The number of anilines is 1. The minimum absolute atomic E-state index is 0.173. The van der Waals surface area contributed by atoms with Crippen LogP contribution in [0.3, 0.4) is 0 Å². The fraction of sp³-hybridized carbons (Fsp3) is 0.263. The number of hydrogen-bond donors (Lipinski definition) is 0. The smallest absolute Gasteiger partial charge is 0.328 e. The molecule has 2 aromatic rings. The molecule has 0 radical (unpaired) electrons. The first-order chi connectivity index (χ1) is 11.5. The van der Waals surface area contributed by atoms with Crippen molar-refractivity contribution in [2.45, 2.75) is 26.3 Å². The van der Waals surface area contributed by atoms with E-state index in [2.05, 4.69) is 0 Å². The number of carbonyl (C=O) groups excluding carboxylic acids is 2. The van der Waals surface area contributed by atoms with Crippen molar-refractivity contribution in [1.82, 2.24) is 0 Å². The van der Waals surface area contributed by atoms with E-state index in [1.165, 1.54) is 12.0 Å². The topological polar surface area (TPSA) is 46.6 Å². The van der Waals surface area contributed by atoms with Gasteiger partial charge >= 0.3 is 5.97 Å². The van der Waals surface area contributed by atoms with E-state index in [9.17, 15) is 9.59 Å². The zero-order chi connectivity index (χ0) is 17.7. The molecule has 0 aliphatic carbocycles. The molecule has 0 heterocycles. The third-order valence-electron chi connectivity index (χ3n) is 3.83. The number of methoxy groups -OCH3 is 1. The molecular weight excluding hydrogens is 326 g/mol. The lowest BCUT2D eigenvalue weighted by Gasteiger charge is -2.30. The van der Waals surface area contributed by atoms with E-state index < -0.39 is 12.0 Å². The second kappa shape index (κ2) is 7.97. The first-order valence-electron chi connectivity index (χ1n) is 7.64. The van der Waals surface area contributed by atoms with Crippen LogP contribution in [0.25, 0.3) is 0 Å². The number of halogens is 1. The number of esters is 1. The maximum absolute atomic E-state index is 12.9. The Morgan fingerprint density at radius 3 is 2.38 bits per heavy atom. The van der Waals surface area contributed by atoms with Gasteiger partial charge in [0, 0.05) is 0 Å². The van der Waals surface area contributed by atoms with Gasteiger partial charge in [0.05, 0.1) is 24.2 Å². The molecular formula is C19H20ClNO3. The Balaban J connectivity index is 2.43. The van der Waals surface area contributed by atoms with Gasteiger partial charge in [-0.2, -0.15) is 0 Å². The maximum atomic E-state index is 12.9. The van der Waals surface area contributed by atoms with Crippen LogP contribution in [-0.2, 0) is 20.7 Å². The molecule has 126 valence electrons. The van der Waals surface area contributed by atoms with Gasteiger partial charge in [-0.3, -0.25) is 9.69 Å². The summed E-state index contributed by atoms with van der Waals surface area (Å²) in [6.45, 7) is 3.49. The van der Waals surface area contributed by atoms with Gasteiger partial charge < -0.3 is 4.74 Å². The lowest BCUT2D eigenvalue weighted by molar-refractivity contribution is -0.143. The van der Waals surface area contributed by atoms with E-state index in [0.29, 0.717) is 10.7 Å². The summed E-state index contributed by atoms with van der Waals surface area (Å²) in [4.78, 5) is 26.4. The van der Waals surface area contributed by atoms with Gasteiger partial charge in [0.1, 0.15) is 6.04 Å². The minimum atomic E-state index is -0.773. The highest BCUT2D eigenvalue weighted by molar-refractivity contribution is 6.34. The summed E-state index contributed by atoms with van der Waals surface area (Å²) >= 11 is 6.32.